The number of carbonyl (C=O) groups excluding carboxylic acids is 4. The summed E-state index contributed by atoms with van der Waals surface area (Å²) in [5.41, 5.74) is 0.570. The van der Waals surface area contributed by atoms with E-state index in [2.05, 4.69) is 15.5 Å². The molecule has 2 N–H and O–H groups in total. The summed E-state index contributed by atoms with van der Waals surface area (Å²) in [6.07, 6.45) is 1.96. The van der Waals surface area contributed by atoms with Crippen LogP contribution in [0.1, 0.15) is 51.8 Å². The average Bonchev–Trinajstić information content (AvgIpc) is 3.07. The van der Waals surface area contributed by atoms with Crippen LogP contribution in [0.3, 0.4) is 0 Å². The van der Waals surface area contributed by atoms with Crippen molar-refractivity contribution in [2.75, 3.05) is 45.7 Å². The molecule has 1 fully saturated rings. The fourth-order valence-corrected chi connectivity index (χ4v) is 4.61. The molecular formula is C20H29N3O6S. The van der Waals surface area contributed by atoms with E-state index in [9.17, 15) is 19.2 Å². The molecule has 1 saturated heterocycles. The number of rotatable bonds is 8. The Balaban J connectivity index is 2.01. The Morgan fingerprint density at radius 1 is 1.17 bits per heavy atom. The minimum Gasteiger partial charge on any atom is -0.465 e. The Labute approximate surface area is 180 Å². The lowest BCUT2D eigenvalue weighted by Crippen LogP contribution is -2.43. The van der Waals surface area contributed by atoms with Crippen molar-refractivity contribution < 1.29 is 28.7 Å². The standard InChI is InChI=1S/C20H29N3O6S/c1-5-21-17(25)13-7-6-9-23(11-13)10-8-14(24)22-18-15(19(26)28-3)12(2)16(30-18)20(27)29-4/h13H,5-11H2,1-4H3,(H,21,25)(H,22,24). The molecule has 1 atom stereocenters. The van der Waals surface area contributed by atoms with E-state index in [-0.39, 0.29) is 39.6 Å². The molecule has 0 aliphatic carbocycles. The lowest BCUT2D eigenvalue weighted by Gasteiger charge is -2.31. The van der Waals surface area contributed by atoms with Crippen molar-refractivity contribution in [2.24, 2.45) is 5.92 Å². The van der Waals surface area contributed by atoms with Crippen molar-refractivity contribution in [2.45, 2.75) is 33.1 Å². The molecule has 0 radical (unpaired) electrons. The summed E-state index contributed by atoms with van der Waals surface area (Å²) >= 11 is 0.988. The second-order valence-corrected chi connectivity index (χ2v) is 8.10. The normalized spacial score (nSPS) is 16.6. The van der Waals surface area contributed by atoms with E-state index in [1.54, 1.807) is 6.92 Å². The van der Waals surface area contributed by atoms with Crippen LogP contribution in [0.2, 0.25) is 0 Å². The van der Waals surface area contributed by atoms with Gasteiger partial charge in [0.25, 0.3) is 0 Å². The summed E-state index contributed by atoms with van der Waals surface area (Å²) in [4.78, 5) is 51.0. The van der Waals surface area contributed by atoms with Gasteiger partial charge < -0.3 is 25.0 Å². The molecular weight excluding hydrogens is 410 g/mol. The maximum Gasteiger partial charge on any atom is 0.348 e. The van der Waals surface area contributed by atoms with Gasteiger partial charge in [0.2, 0.25) is 11.8 Å². The van der Waals surface area contributed by atoms with Gasteiger partial charge in [-0.2, -0.15) is 0 Å². The highest BCUT2D eigenvalue weighted by atomic mass is 32.1. The van der Waals surface area contributed by atoms with E-state index < -0.39 is 11.9 Å². The average molecular weight is 440 g/mol. The Hall–Kier alpha value is -2.46. The van der Waals surface area contributed by atoms with Crippen molar-refractivity contribution >= 4 is 40.1 Å². The maximum absolute atomic E-state index is 12.5. The molecule has 1 unspecified atom stereocenters. The van der Waals surface area contributed by atoms with Crippen molar-refractivity contribution in [3.8, 4) is 0 Å². The fraction of sp³-hybridized carbons (Fsp3) is 0.600. The van der Waals surface area contributed by atoms with E-state index in [1.165, 1.54) is 14.2 Å². The van der Waals surface area contributed by atoms with E-state index in [4.69, 9.17) is 9.47 Å². The van der Waals surface area contributed by atoms with Gasteiger partial charge in [0.1, 0.15) is 9.88 Å². The number of esters is 2. The van der Waals surface area contributed by atoms with Gasteiger partial charge in [-0.25, -0.2) is 9.59 Å². The van der Waals surface area contributed by atoms with Gasteiger partial charge in [-0.05, 0) is 38.8 Å². The zero-order chi connectivity index (χ0) is 22.3. The fourth-order valence-electron chi connectivity index (χ4n) is 3.48. The number of ether oxygens (including phenoxy) is 2. The number of anilines is 1. The summed E-state index contributed by atoms with van der Waals surface area (Å²) in [6.45, 7) is 6.07. The number of piperidine rings is 1. The lowest BCUT2D eigenvalue weighted by atomic mass is 9.97. The van der Waals surface area contributed by atoms with Gasteiger partial charge in [-0.15, -0.1) is 11.3 Å². The van der Waals surface area contributed by atoms with Crippen LogP contribution in [0.4, 0.5) is 5.00 Å². The molecule has 2 rings (SSSR count). The monoisotopic (exact) mass is 439 g/mol. The molecule has 1 aliphatic heterocycles. The first-order valence-electron chi connectivity index (χ1n) is 9.92. The number of nitrogens with zero attached hydrogens (tertiary/aromatic N) is 1. The summed E-state index contributed by atoms with van der Waals surface area (Å²) in [6, 6.07) is 0. The second-order valence-electron chi connectivity index (χ2n) is 7.08. The van der Waals surface area contributed by atoms with Crippen molar-refractivity contribution in [3.05, 3.63) is 16.0 Å². The molecule has 10 heteroatoms. The Kier molecular flexibility index (Phi) is 8.79. The molecule has 166 valence electrons. The van der Waals surface area contributed by atoms with Gasteiger partial charge in [0.05, 0.1) is 25.7 Å². The minimum atomic E-state index is -0.630. The van der Waals surface area contributed by atoms with Gasteiger partial charge in [-0.3, -0.25) is 9.59 Å². The lowest BCUT2D eigenvalue weighted by molar-refractivity contribution is -0.126. The molecule has 1 aromatic heterocycles. The van der Waals surface area contributed by atoms with Crippen LogP contribution in [-0.4, -0.2) is 69.1 Å². The number of nitrogens with one attached hydrogen (secondary N) is 2. The van der Waals surface area contributed by atoms with E-state index in [1.807, 2.05) is 6.92 Å². The molecule has 0 saturated carbocycles. The summed E-state index contributed by atoms with van der Waals surface area (Å²) < 4.78 is 9.54. The van der Waals surface area contributed by atoms with Crippen molar-refractivity contribution in [3.63, 3.8) is 0 Å². The van der Waals surface area contributed by atoms with E-state index >= 15 is 0 Å². The van der Waals surface area contributed by atoms with Crippen molar-refractivity contribution in [1.29, 1.82) is 0 Å². The molecule has 2 amide bonds. The zero-order valence-corrected chi connectivity index (χ0v) is 18.6. The molecule has 9 nitrogen and oxygen atoms in total. The number of methoxy groups -OCH3 is 2. The van der Waals surface area contributed by atoms with Crippen LogP contribution in [0.15, 0.2) is 0 Å². The Morgan fingerprint density at radius 3 is 2.50 bits per heavy atom. The summed E-state index contributed by atoms with van der Waals surface area (Å²) in [5, 5.41) is 5.84. The number of likely N-dealkylation sites (tertiary alicyclic amines) is 1. The number of carbonyl (C=O) groups is 4. The van der Waals surface area contributed by atoms with Crippen molar-refractivity contribution in [1.82, 2.24) is 10.2 Å². The van der Waals surface area contributed by atoms with Crippen LogP contribution in [0, 0.1) is 12.8 Å². The van der Waals surface area contributed by atoms with Gasteiger partial charge >= 0.3 is 11.9 Å². The SMILES string of the molecule is CCNC(=O)C1CCCN(CCC(=O)Nc2sc(C(=O)OC)c(C)c2C(=O)OC)C1. The largest absolute Gasteiger partial charge is 0.465 e. The molecule has 2 heterocycles. The third kappa shape index (κ3) is 5.79. The molecule has 0 bridgehead atoms. The zero-order valence-electron chi connectivity index (χ0n) is 17.8. The summed E-state index contributed by atoms with van der Waals surface area (Å²) in [5.74, 6) is -1.49. The van der Waals surface area contributed by atoms with E-state index in [0.29, 0.717) is 25.2 Å². The highest BCUT2D eigenvalue weighted by Crippen LogP contribution is 2.34. The van der Waals surface area contributed by atoms with Crippen LogP contribution < -0.4 is 10.6 Å². The summed E-state index contributed by atoms with van der Waals surface area (Å²) in [7, 11) is 2.49. The van der Waals surface area contributed by atoms with Crippen LogP contribution in [0.25, 0.3) is 0 Å². The van der Waals surface area contributed by atoms with Crippen LogP contribution in [-0.2, 0) is 19.1 Å². The first kappa shape index (κ1) is 23.8. The van der Waals surface area contributed by atoms with E-state index in [0.717, 1.165) is 30.7 Å². The molecule has 0 aromatic carbocycles. The minimum absolute atomic E-state index is 0.0544. The highest BCUT2D eigenvalue weighted by Gasteiger charge is 2.28. The molecule has 30 heavy (non-hydrogen) atoms. The highest BCUT2D eigenvalue weighted by molar-refractivity contribution is 7.18. The third-order valence-corrected chi connectivity index (χ3v) is 6.23. The van der Waals surface area contributed by atoms with Gasteiger partial charge in [0.15, 0.2) is 0 Å². The maximum atomic E-state index is 12.5. The third-order valence-electron chi connectivity index (χ3n) is 5.04. The van der Waals surface area contributed by atoms with Crippen LogP contribution >= 0.6 is 11.3 Å². The second kappa shape index (κ2) is 11.1. The molecule has 0 spiro atoms. The first-order valence-corrected chi connectivity index (χ1v) is 10.7. The number of amides is 2. The first-order chi connectivity index (χ1) is 14.3. The Morgan fingerprint density at radius 2 is 1.87 bits per heavy atom. The molecule has 1 aromatic rings. The Bertz CT molecular complexity index is 807. The smallest absolute Gasteiger partial charge is 0.348 e. The topological polar surface area (TPSA) is 114 Å². The van der Waals surface area contributed by atoms with Crippen LogP contribution in [0.5, 0.6) is 0 Å². The quantitative estimate of drug-likeness (QED) is 0.594. The number of thiophene rings is 1. The predicted octanol–water partition coefficient (Wildman–Crippen LogP) is 1.81. The molecule has 1 aliphatic rings. The predicted molar refractivity (Wildman–Crippen MR) is 113 cm³/mol. The number of hydrogen-bond acceptors (Lipinski definition) is 8. The van der Waals surface area contributed by atoms with Gasteiger partial charge in [-0.1, -0.05) is 0 Å². The van der Waals surface area contributed by atoms with Gasteiger partial charge in [0, 0.05) is 26.1 Å². The number of hydrogen-bond donors (Lipinski definition) is 2.